The number of aliphatic imine (C=N–C) groups is 1. The Morgan fingerprint density at radius 3 is 2.79 bits per heavy atom. The zero-order chi connectivity index (χ0) is 16.3. The molecule has 6 nitrogen and oxygen atoms in total. The van der Waals surface area contributed by atoms with E-state index >= 15 is 0 Å². The van der Waals surface area contributed by atoms with Gasteiger partial charge in [0, 0.05) is 51.2 Å². The first-order valence-electron chi connectivity index (χ1n) is 8.17. The van der Waals surface area contributed by atoms with Gasteiger partial charge in [-0.2, -0.15) is 5.10 Å². The summed E-state index contributed by atoms with van der Waals surface area (Å²) in [6.07, 6.45) is 8.71. The number of rotatable bonds is 8. The Balaban J connectivity index is 0.00000288. The number of hydrogen-bond acceptors (Lipinski definition) is 3. The van der Waals surface area contributed by atoms with E-state index < -0.39 is 0 Å². The number of nitrogens with zero attached hydrogens (tertiary/aromatic N) is 4. The molecule has 24 heavy (non-hydrogen) atoms. The van der Waals surface area contributed by atoms with E-state index in [0.29, 0.717) is 0 Å². The van der Waals surface area contributed by atoms with Crippen LogP contribution in [-0.2, 0) is 19.9 Å². The van der Waals surface area contributed by atoms with E-state index in [4.69, 9.17) is 0 Å². The van der Waals surface area contributed by atoms with E-state index in [2.05, 4.69) is 38.8 Å². The molecule has 7 heteroatoms. The summed E-state index contributed by atoms with van der Waals surface area (Å²) < 4.78 is 1.84. The molecule has 0 aliphatic rings. The molecule has 2 N–H and O–H groups in total. The highest BCUT2D eigenvalue weighted by Gasteiger charge is 1.99. The van der Waals surface area contributed by atoms with E-state index in [-0.39, 0.29) is 24.0 Å². The van der Waals surface area contributed by atoms with Crippen molar-refractivity contribution >= 4 is 29.9 Å². The first-order chi connectivity index (χ1) is 11.3. The Hall–Kier alpha value is -1.64. The molecule has 2 aromatic heterocycles. The Morgan fingerprint density at radius 1 is 1.25 bits per heavy atom. The quantitative estimate of drug-likeness (QED) is 0.285. The largest absolute Gasteiger partial charge is 0.357 e. The molecule has 0 saturated heterocycles. The van der Waals surface area contributed by atoms with Crippen molar-refractivity contribution in [3.8, 4) is 0 Å². The number of aryl methyl sites for hydroxylation is 2. The van der Waals surface area contributed by atoms with Crippen LogP contribution in [0.15, 0.2) is 41.8 Å². The molecule has 132 valence electrons. The monoisotopic (exact) mass is 442 g/mol. The Kier molecular flexibility index (Phi) is 10.1. The van der Waals surface area contributed by atoms with Gasteiger partial charge >= 0.3 is 0 Å². The van der Waals surface area contributed by atoms with Crippen molar-refractivity contribution in [3.05, 3.63) is 48.0 Å². The first kappa shape index (κ1) is 20.4. The van der Waals surface area contributed by atoms with Crippen LogP contribution >= 0.6 is 24.0 Å². The van der Waals surface area contributed by atoms with Crippen molar-refractivity contribution < 1.29 is 0 Å². The summed E-state index contributed by atoms with van der Waals surface area (Å²) >= 11 is 0. The van der Waals surface area contributed by atoms with Crippen LogP contribution < -0.4 is 10.6 Å². The van der Waals surface area contributed by atoms with Gasteiger partial charge in [-0.05, 0) is 37.5 Å². The summed E-state index contributed by atoms with van der Waals surface area (Å²) in [7, 11) is 1.94. The minimum Gasteiger partial charge on any atom is -0.357 e. The third kappa shape index (κ3) is 7.76. The zero-order valence-corrected chi connectivity index (χ0v) is 16.7. The molecule has 0 unspecified atom stereocenters. The van der Waals surface area contributed by atoms with Crippen LogP contribution in [0.3, 0.4) is 0 Å². The first-order valence-corrected chi connectivity index (χ1v) is 8.17. The zero-order valence-electron chi connectivity index (χ0n) is 14.4. The maximum absolute atomic E-state index is 4.61. The summed E-state index contributed by atoms with van der Waals surface area (Å²) in [5, 5.41) is 10.8. The summed E-state index contributed by atoms with van der Waals surface area (Å²) in [6, 6.07) is 5.99. The molecule has 0 aliphatic carbocycles. The van der Waals surface area contributed by atoms with Crippen LogP contribution in [0.4, 0.5) is 0 Å². The van der Waals surface area contributed by atoms with Crippen LogP contribution in [0.1, 0.15) is 24.6 Å². The summed E-state index contributed by atoms with van der Waals surface area (Å²) in [6.45, 7) is 4.56. The fraction of sp³-hybridized carbons (Fsp3) is 0.471. The predicted octanol–water partition coefficient (Wildman–Crippen LogP) is 2.16. The second-order valence-corrected chi connectivity index (χ2v) is 5.38. The molecule has 0 atom stereocenters. The smallest absolute Gasteiger partial charge is 0.191 e. The molecule has 2 rings (SSSR count). The highest BCUT2D eigenvalue weighted by molar-refractivity contribution is 14.0. The number of nitrogens with one attached hydrogen (secondary N) is 2. The summed E-state index contributed by atoms with van der Waals surface area (Å²) in [5.74, 6) is 0.870. The molecular weight excluding hydrogens is 415 g/mol. The molecule has 0 fully saturated rings. The van der Waals surface area contributed by atoms with E-state index in [0.717, 1.165) is 50.6 Å². The highest BCUT2D eigenvalue weighted by Crippen LogP contribution is 2.00. The maximum atomic E-state index is 4.61. The molecule has 0 aliphatic heterocycles. The number of pyridine rings is 1. The average molecular weight is 442 g/mol. The number of aromatic nitrogens is 3. The summed E-state index contributed by atoms with van der Waals surface area (Å²) in [4.78, 5) is 8.94. The van der Waals surface area contributed by atoms with E-state index in [9.17, 15) is 0 Å². The molecule has 2 heterocycles. The fourth-order valence-corrected chi connectivity index (χ4v) is 2.27. The van der Waals surface area contributed by atoms with Gasteiger partial charge in [-0.1, -0.05) is 6.07 Å². The van der Waals surface area contributed by atoms with Crippen LogP contribution in [0.5, 0.6) is 0 Å². The van der Waals surface area contributed by atoms with Gasteiger partial charge in [0.2, 0.25) is 0 Å². The van der Waals surface area contributed by atoms with Gasteiger partial charge < -0.3 is 10.6 Å². The molecule has 0 aromatic carbocycles. The summed E-state index contributed by atoms with van der Waals surface area (Å²) in [5.41, 5.74) is 2.35. The van der Waals surface area contributed by atoms with E-state index in [1.807, 2.05) is 42.3 Å². The number of halogens is 1. The highest BCUT2D eigenvalue weighted by atomic mass is 127. The third-order valence-corrected chi connectivity index (χ3v) is 3.40. The Bertz CT molecular complexity index is 596. The number of hydrogen-bond donors (Lipinski definition) is 2. The van der Waals surface area contributed by atoms with Gasteiger partial charge in [-0.3, -0.25) is 14.7 Å². The van der Waals surface area contributed by atoms with E-state index in [1.165, 1.54) is 5.56 Å². The SMILES string of the molecule is CCNC(=NCCCc1cnn(C)c1)NCCc1ccccn1.I. The van der Waals surface area contributed by atoms with E-state index in [1.54, 1.807) is 0 Å². The van der Waals surface area contributed by atoms with Crippen LogP contribution in [0.25, 0.3) is 0 Å². The van der Waals surface area contributed by atoms with Gasteiger partial charge in [0.1, 0.15) is 0 Å². The fourth-order valence-electron chi connectivity index (χ4n) is 2.27. The lowest BCUT2D eigenvalue weighted by atomic mass is 10.2. The Morgan fingerprint density at radius 2 is 2.12 bits per heavy atom. The number of guanidine groups is 1. The molecule has 0 spiro atoms. The van der Waals surface area contributed by atoms with Crippen LogP contribution in [-0.4, -0.2) is 40.4 Å². The second kappa shape index (κ2) is 11.8. The standard InChI is InChI=1S/C17H26N6.HI/c1-3-18-17(21-12-9-16-8-4-5-10-19-16)20-11-6-7-15-13-22-23(2)14-15;/h4-5,8,10,13-14H,3,6-7,9,11-12H2,1-2H3,(H2,18,20,21);1H. The van der Waals surface area contributed by atoms with Gasteiger partial charge in [-0.15, -0.1) is 24.0 Å². The molecule has 0 radical (unpaired) electrons. The topological polar surface area (TPSA) is 67.1 Å². The van der Waals surface area contributed by atoms with Gasteiger partial charge in [0.15, 0.2) is 5.96 Å². The van der Waals surface area contributed by atoms with Crippen molar-refractivity contribution in [1.82, 2.24) is 25.4 Å². The van der Waals surface area contributed by atoms with Crippen molar-refractivity contribution in [2.75, 3.05) is 19.6 Å². The normalized spacial score (nSPS) is 11.0. The molecule has 2 aromatic rings. The van der Waals surface area contributed by atoms with Crippen molar-refractivity contribution in [3.63, 3.8) is 0 Å². The Labute approximate surface area is 161 Å². The lowest BCUT2D eigenvalue weighted by Gasteiger charge is -2.11. The van der Waals surface area contributed by atoms with Gasteiger partial charge in [0.05, 0.1) is 6.20 Å². The molecule has 0 amide bonds. The molecular formula is C17H27IN6. The van der Waals surface area contributed by atoms with Crippen molar-refractivity contribution in [2.24, 2.45) is 12.0 Å². The maximum Gasteiger partial charge on any atom is 0.191 e. The van der Waals surface area contributed by atoms with Crippen molar-refractivity contribution in [1.29, 1.82) is 0 Å². The van der Waals surface area contributed by atoms with Crippen LogP contribution in [0, 0.1) is 0 Å². The lowest BCUT2D eigenvalue weighted by molar-refractivity contribution is 0.761. The van der Waals surface area contributed by atoms with Gasteiger partial charge in [0.25, 0.3) is 0 Å². The predicted molar refractivity (Wildman–Crippen MR) is 109 cm³/mol. The molecule has 0 bridgehead atoms. The lowest BCUT2D eigenvalue weighted by Crippen LogP contribution is -2.38. The third-order valence-electron chi connectivity index (χ3n) is 3.40. The minimum atomic E-state index is 0. The van der Waals surface area contributed by atoms with Crippen molar-refractivity contribution in [2.45, 2.75) is 26.2 Å². The average Bonchev–Trinajstić information content (AvgIpc) is 2.98. The second-order valence-electron chi connectivity index (χ2n) is 5.38. The van der Waals surface area contributed by atoms with Gasteiger partial charge in [-0.25, -0.2) is 0 Å². The molecule has 0 saturated carbocycles. The minimum absolute atomic E-state index is 0. The van der Waals surface area contributed by atoms with Crippen LogP contribution in [0.2, 0.25) is 0 Å².